The van der Waals surface area contributed by atoms with Crippen LogP contribution < -0.4 is 0 Å². The predicted molar refractivity (Wildman–Crippen MR) is 75.2 cm³/mol. The van der Waals surface area contributed by atoms with Crippen LogP contribution in [0.5, 0.6) is 0 Å². The van der Waals surface area contributed by atoms with E-state index in [-0.39, 0.29) is 26.8 Å². The average Bonchev–Trinajstić information content (AvgIpc) is 2.93. The molecule has 0 bridgehead atoms. The number of rotatable bonds is 2. The fourth-order valence-corrected chi connectivity index (χ4v) is 1.64. The van der Waals surface area contributed by atoms with Gasteiger partial charge in [0.25, 0.3) is 0 Å². The summed E-state index contributed by atoms with van der Waals surface area (Å²) in [7, 11) is 0. The molecule has 0 saturated heterocycles. The minimum atomic E-state index is 0. The Morgan fingerprint density at radius 2 is 1.24 bits per heavy atom. The van der Waals surface area contributed by atoms with E-state index in [0.717, 1.165) is 12.8 Å². The van der Waals surface area contributed by atoms with Crippen LogP contribution in [0.1, 0.15) is 46.2 Å². The van der Waals surface area contributed by atoms with Gasteiger partial charge in [-0.05, 0) is 0 Å². The van der Waals surface area contributed by atoms with Crippen molar-refractivity contribution in [2.45, 2.75) is 40.5 Å². The first-order valence-corrected chi connectivity index (χ1v) is 6.15. The van der Waals surface area contributed by atoms with Crippen LogP contribution in [-0.4, -0.2) is 0 Å². The summed E-state index contributed by atoms with van der Waals surface area (Å²) in [6, 6.07) is 0. The minimum Gasteiger partial charge on any atom is -1.00 e. The topological polar surface area (TPSA) is 0 Å². The Balaban J connectivity index is -0.0000000656. The van der Waals surface area contributed by atoms with Crippen LogP contribution in [0.2, 0.25) is 0 Å². The van der Waals surface area contributed by atoms with Gasteiger partial charge in [-0.2, -0.15) is 12.2 Å². The zero-order chi connectivity index (χ0) is 12.0. The Morgan fingerprint density at radius 3 is 1.35 bits per heavy atom. The number of hydrogen-bond donors (Lipinski definition) is 0. The molecule has 0 aromatic heterocycles. The van der Waals surface area contributed by atoms with Gasteiger partial charge in [0.15, 0.2) is 0 Å². The second-order valence-electron chi connectivity index (χ2n) is 4.79. The van der Waals surface area contributed by atoms with Gasteiger partial charge in [0.05, 0.1) is 0 Å². The smallest absolute Gasteiger partial charge is 1.00 e. The summed E-state index contributed by atoms with van der Waals surface area (Å²) in [4.78, 5) is 0. The standard InChI is InChI=1S/2C8H11.Mo.4H/c2*1-7(2)8-5-3-4-6-8;;;;;/h2*3,5,7H,4H2,1-2H3;;;;;/q2*-1;+4;4*-1. The van der Waals surface area contributed by atoms with Crippen molar-refractivity contribution in [3.05, 3.63) is 47.6 Å². The Kier molecular flexibility index (Phi) is 8.52. The van der Waals surface area contributed by atoms with E-state index in [9.17, 15) is 0 Å². The van der Waals surface area contributed by atoms with Gasteiger partial charge >= 0.3 is 21.1 Å². The summed E-state index contributed by atoms with van der Waals surface area (Å²) < 4.78 is 0. The third kappa shape index (κ3) is 6.22. The molecule has 0 radical (unpaired) electrons. The molecule has 17 heavy (non-hydrogen) atoms. The molecule has 0 N–H and O–H groups in total. The largest absolute Gasteiger partial charge is 4.00 e. The summed E-state index contributed by atoms with van der Waals surface area (Å²) in [6.45, 7) is 8.77. The molecule has 0 amide bonds. The van der Waals surface area contributed by atoms with E-state index in [1.165, 1.54) is 11.1 Å². The molecule has 0 unspecified atom stereocenters. The molecule has 0 aliphatic heterocycles. The quantitative estimate of drug-likeness (QED) is 0.491. The Morgan fingerprint density at radius 1 is 0.882 bits per heavy atom. The molecule has 0 spiro atoms. The molecule has 2 aliphatic rings. The molecule has 1 heteroatoms. The van der Waals surface area contributed by atoms with E-state index in [4.69, 9.17) is 0 Å². The van der Waals surface area contributed by atoms with Gasteiger partial charge in [-0.15, -0.1) is 12.8 Å². The van der Waals surface area contributed by atoms with E-state index < -0.39 is 0 Å². The third-order valence-electron chi connectivity index (χ3n) is 2.69. The van der Waals surface area contributed by atoms with Crippen molar-refractivity contribution < 1.29 is 26.8 Å². The second-order valence-corrected chi connectivity index (χ2v) is 4.79. The van der Waals surface area contributed by atoms with E-state index in [1.54, 1.807) is 0 Å². The van der Waals surface area contributed by atoms with Crippen LogP contribution in [0, 0.1) is 24.0 Å². The van der Waals surface area contributed by atoms with Gasteiger partial charge in [-0.3, -0.25) is 12.2 Å². The molecule has 0 fully saturated rings. The van der Waals surface area contributed by atoms with Gasteiger partial charge in [-0.25, -0.2) is 23.3 Å². The SMILES string of the molecule is CC(C)C1=[C-]CC=C1.CC(C)C1=[C-]CC=C1.[H-].[H-].[H-].[H-].[Mo+4]. The second kappa shape index (κ2) is 8.70. The maximum atomic E-state index is 3.26. The molecular formula is C16H26Mo-2. The van der Waals surface area contributed by atoms with Crippen molar-refractivity contribution in [3.8, 4) is 0 Å². The van der Waals surface area contributed by atoms with Gasteiger partial charge in [0.2, 0.25) is 0 Å². The monoisotopic (exact) mass is 316 g/mol. The summed E-state index contributed by atoms with van der Waals surface area (Å²) in [5.74, 6) is 1.32. The van der Waals surface area contributed by atoms with Crippen molar-refractivity contribution in [1.82, 2.24) is 0 Å². The number of hydrogen-bond acceptors (Lipinski definition) is 0. The van der Waals surface area contributed by atoms with Gasteiger partial charge < -0.3 is 5.71 Å². The minimum absolute atomic E-state index is 0. The van der Waals surface area contributed by atoms with E-state index >= 15 is 0 Å². The maximum Gasteiger partial charge on any atom is 4.00 e. The zero-order valence-corrected chi connectivity index (χ0v) is 13.3. The molecular weight excluding hydrogens is 288 g/mol. The molecule has 0 saturated carbocycles. The summed E-state index contributed by atoms with van der Waals surface area (Å²) >= 11 is 0. The van der Waals surface area contributed by atoms with Crippen molar-refractivity contribution >= 4 is 0 Å². The van der Waals surface area contributed by atoms with Crippen molar-refractivity contribution in [1.29, 1.82) is 0 Å². The first kappa shape index (κ1) is 16.6. The Hall–Kier alpha value is -0.352. The van der Waals surface area contributed by atoms with E-state index in [0.29, 0.717) is 11.8 Å². The third-order valence-corrected chi connectivity index (χ3v) is 2.69. The molecule has 2 aliphatic carbocycles. The van der Waals surface area contributed by atoms with Crippen LogP contribution >= 0.6 is 0 Å². The van der Waals surface area contributed by atoms with Crippen molar-refractivity contribution in [3.63, 3.8) is 0 Å². The average molecular weight is 314 g/mol. The van der Waals surface area contributed by atoms with Crippen LogP contribution in [0.4, 0.5) is 0 Å². The first-order valence-electron chi connectivity index (χ1n) is 6.15. The van der Waals surface area contributed by atoms with E-state index in [1.807, 2.05) is 0 Å². The summed E-state index contributed by atoms with van der Waals surface area (Å²) in [6.07, 6.45) is 17.2. The fourth-order valence-electron chi connectivity index (χ4n) is 1.64. The summed E-state index contributed by atoms with van der Waals surface area (Å²) in [5, 5.41) is 0. The molecule has 0 heterocycles. The van der Waals surface area contributed by atoms with Crippen molar-refractivity contribution in [2.75, 3.05) is 0 Å². The zero-order valence-electron chi connectivity index (χ0n) is 15.3. The van der Waals surface area contributed by atoms with Crippen LogP contribution in [0.3, 0.4) is 0 Å². The first-order chi connectivity index (χ1) is 7.61. The Bertz CT molecular complexity index is 308. The molecule has 0 atom stereocenters. The van der Waals surface area contributed by atoms with Crippen LogP contribution in [0.25, 0.3) is 0 Å². The molecule has 0 aromatic rings. The number of allylic oxidation sites excluding steroid dienone is 8. The molecule has 0 nitrogen and oxygen atoms in total. The summed E-state index contributed by atoms with van der Waals surface area (Å²) in [5.41, 5.74) is 2.73. The molecule has 2 rings (SSSR count). The van der Waals surface area contributed by atoms with Crippen molar-refractivity contribution in [2.24, 2.45) is 11.8 Å². The predicted octanol–water partition coefficient (Wildman–Crippen LogP) is 5.11. The van der Waals surface area contributed by atoms with Gasteiger partial charge in [-0.1, -0.05) is 39.5 Å². The van der Waals surface area contributed by atoms with Crippen LogP contribution in [-0.2, 0) is 21.1 Å². The Labute approximate surface area is 127 Å². The molecule has 98 valence electrons. The van der Waals surface area contributed by atoms with Gasteiger partial charge in [0.1, 0.15) is 0 Å². The van der Waals surface area contributed by atoms with E-state index in [2.05, 4.69) is 64.2 Å². The normalized spacial score (nSPS) is 16.6. The van der Waals surface area contributed by atoms with Crippen LogP contribution in [0.15, 0.2) is 35.5 Å². The van der Waals surface area contributed by atoms with Gasteiger partial charge in [0, 0.05) is 0 Å². The maximum absolute atomic E-state index is 3.26. The fraction of sp³-hybridized carbons (Fsp3) is 0.500. The molecule has 0 aromatic carbocycles.